The summed E-state index contributed by atoms with van der Waals surface area (Å²) in [4.78, 5) is 26.5. The van der Waals surface area contributed by atoms with E-state index in [1.165, 1.54) is 6.26 Å². The highest BCUT2D eigenvalue weighted by Gasteiger charge is 2.47. The van der Waals surface area contributed by atoms with E-state index >= 15 is 0 Å². The molecule has 2 aliphatic rings. The Balaban J connectivity index is 0.000000505. The Labute approximate surface area is 219 Å². The number of sulfone groups is 1. The third kappa shape index (κ3) is 7.78. The fourth-order valence-electron chi connectivity index (χ4n) is 4.71. The number of halogens is 3. The van der Waals surface area contributed by atoms with Crippen LogP contribution in [0.25, 0.3) is 0 Å². The second-order valence-corrected chi connectivity index (χ2v) is 11.8. The SMILES string of the molecule is CC(c1ccccc1)N1CC2(COCCN(Cc3ccc(S(C)(=O)=O)cc3)C2)CC1=O.O=C(O)C(F)(F)F. The van der Waals surface area contributed by atoms with Crippen LogP contribution in [0.15, 0.2) is 59.5 Å². The van der Waals surface area contributed by atoms with Crippen LogP contribution in [0.2, 0.25) is 0 Å². The van der Waals surface area contributed by atoms with E-state index in [-0.39, 0.29) is 17.4 Å². The summed E-state index contributed by atoms with van der Waals surface area (Å²) in [6.45, 7) is 6.27. The maximum Gasteiger partial charge on any atom is 0.490 e. The molecule has 1 N–H and O–H groups in total. The Kier molecular flexibility index (Phi) is 9.21. The summed E-state index contributed by atoms with van der Waals surface area (Å²) < 4.78 is 61.1. The van der Waals surface area contributed by atoms with Gasteiger partial charge in [-0.05, 0) is 30.2 Å². The number of rotatable bonds is 5. The smallest absolute Gasteiger partial charge is 0.475 e. The number of aliphatic carboxylic acids is 1. The van der Waals surface area contributed by atoms with Crippen molar-refractivity contribution in [2.24, 2.45) is 5.41 Å². The molecule has 0 bridgehead atoms. The quantitative estimate of drug-likeness (QED) is 0.601. The minimum absolute atomic E-state index is 0.0355. The van der Waals surface area contributed by atoms with Gasteiger partial charge >= 0.3 is 12.1 Å². The highest BCUT2D eigenvalue weighted by atomic mass is 32.2. The van der Waals surface area contributed by atoms with Crippen molar-refractivity contribution >= 4 is 21.7 Å². The lowest BCUT2D eigenvalue weighted by Crippen LogP contribution is -2.40. The van der Waals surface area contributed by atoms with Gasteiger partial charge in [-0.25, -0.2) is 13.2 Å². The Morgan fingerprint density at radius 2 is 1.71 bits per heavy atom. The number of ether oxygens (including phenoxy) is 1. The van der Waals surface area contributed by atoms with Crippen LogP contribution in [0.4, 0.5) is 13.2 Å². The Morgan fingerprint density at radius 1 is 1.11 bits per heavy atom. The predicted molar refractivity (Wildman–Crippen MR) is 133 cm³/mol. The van der Waals surface area contributed by atoms with Crippen molar-refractivity contribution in [2.45, 2.75) is 37.0 Å². The van der Waals surface area contributed by atoms with Crippen LogP contribution in [0.3, 0.4) is 0 Å². The summed E-state index contributed by atoms with van der Waals surface area (Å²) >= 11 is 0. The molecule has 38 heavy (non-hydrogen) atoms. The van der Waals surface area contributed by atoms with Gasteiger partial charge in [-0.2, -0.15) is 13.2 Å². The van der Waals surface area contributed by atoms with Gasteiger partial charge in [0, 0.05) is 44.3 Å². The molecule has 0 aliphatic carbocycles. The number of hydrogen-bond donors (Lipinski definition) is 1. The van der Waals surface area contributed by atoms with Gasteiger partial charge in [-0.1, -0.05) is 42.5 Å². The Bertz CT molecular complexity index is 1220. The summed E-state index contributed by atoms with van der Waals surface area (Å²) in [5, 5.41) is 7.12. The zero-order valence-electron chi connectivity index (χ0n) is 21.1. The van der Waals surface area contributed by atoms with Crippen molar-refractivity contribution in [1.29, 1.82) is 0 Å². The van der Waals surface area contributed by atoms with Crippen LogP contribution in [0, 0.1) is 5.41 Å². The van der Waals surface area contributed by atoms with Crippen LogP contribution in [0.1, 0.15) is 30.5 Å². The summed E-state index contributed by atoms with van der Waals surface area (Å²) in [6.07, 6.45) is -3.37. The molecule has 0 radical (unpaired) electrons. The van der Waals surface area contributed by atoms with Gasteiger partial charge in [-0.15, -0.1) is 0 Å². The average molecular weight is 557 g/mol. The van der Waals surface area contributed by atoms with Crippen LogP contribution >= 0.6 is 0 Å². The highest BCUT2D eigenvalue weighted by Crippen LogP contribution is 2.38. The first kappa shape index (κ1) is 29.6. The number of nitrogens with zero attached hydrogens (tertiary/aromatic N) is 2. The molecule has 0 saturated carbocycles. The molecule has 2 saturated heterocycles. The maximum absolute atomic E-state index is 13.0. The summed E-state index contributed by atoms with van der Waals surface area (Å²) in [5.41, 5.74) is 1.98. The standard InChI is InChI=1S/C24H30N2O4S.C2HF3O2/c1-19(21-6-4-3-5-7-21)26-17-24(14-23(26)27)16-25(12-13-30-18-24)15-20-8-10-22(11-9-20)31(2,28)29;3-2(4,5)1(6)7/h3-11,19H,12-18H2,1-2H3;(H,6,7). The number of benzene rings is 2. The van der Waals surface area contributed by atoms with Crippen molar-refractivity contribution in [3.63, 3.8) is 0 Å². The summed E-state index contributed by atoms with van der Waals surface area (Å²) in [7, 11) is -3.20. The third-order valence-corrected chi connectivity index (χ3v) is 7.75. The first-order valence-corrected chi connectivity index (χ1v) is 13.8. The molecular weight excluding hydrogens is 525 g/mol. The van der Waals surface area contributed by atoms with Gasteiger partial charge in [0.2, 0.25) is 5.91 Å². The zero-order valence-corrected chi connectivity index (χ0v) is 22.0. The van der Waals surface area contributed by atoms with Crippen molar-refractivity contribution in [3.8, 4) is 0 Å². The van der Waals surface area contributed by atoms with Gasteiger partial charge in [0.1, 0.15) is 0 Å². The number of likely N-dealkylation sites (tertiary alicyclic amines) is 1. The predicted octanol–water partition coefficient (Wildman–Crippen LogP) is 3.54. The second kappa shape index (κ2) is 11.8. The number of carboxylic acids is 1. The lowest BCUT2D eigenvalue weighted by molar-refractivity contribution is -0.192. The number of amides is 1. The number of alkyl halides is 3. The van der Waals surface area contributed by atoms with Crippen molar-refractivity contribution < 1.29 is 41.0 Å². The van der Waals surface area contributed by atoms with Crippen LogP contribution in [0.5, 0.6) is 0 Å². The minimum Gasteiger partial charge on any atom is -0.475 e. The lowest BCUT2D eigenvalue weighted by Gasteiger charge is -2.33. The van der Waals surface area contributed by atoms with E-state index in [0.29, 0.717) is 37.6 Å². The second-order valence-electron chi connectivity index (χ2n) is 9.77. The monoisotopic (exact) mass is 556 g/mol. The molecule has 2 aromatic rings. The molecule has 2 atom stereocenters. The molecule has 4 rings (SSSR count). The van der Waals surface area contributed by atoms with Crippen LogP contribution in [-0.4, -0.2) is 80.5 Å². The zero-order chi connectivity index (χ0) is 28.1. The molecule has 0 aromatic heterocycles. The Morgan fingerprint density at radius 3 is 2.26 bits per heavy atom. The summed E-state index contributed by atoms with van der Waals surface area (Å²) in [6, 6.07) is 17.3. The van der Waals surface area contributed by atoms with Gasteiger partial charge in [0.25, 0.3) is 0 Å². The van der Waals surface area contributed by atoms with Crippen LogP contribution in [-0.2, 0) is 30.7 Å². The molecule has 2 fully saturated rings. The summed E-state index contributed by atoms with van der Waals surface area (Å²) in [5.74, 6) is -2.58. The van der Waals surface area contributed by atoms with Gasteiger partial charge < -0.3 is 14.7 Å². The average Bonchev–Trinajstić information content (AvgIpc) is 3.03. The number of carbonyl (C=O) groups is 2. The van der Waals surface area contributed by atoms with Crippen LogP contribution < -0.4 is 0 Å². The normalized spacial score (nSPS) is 21.5. The van der Waals surface area contributed by atoms with Gasteiger partial charge in [0.15, 0.2) is 9.84 Å². The highest BCUT2D eigenvalue weighted by molar-refractivity contribution is 7.90. The topological polar surface area (TPSA) is 104 Å². The molecule has 1 amide bonds. The van der Waals surface area contributed by atoms with E-state index in [1.54, 1.807) is 12.1 Å². The first-order chi connectivity index (χ1) is 17.7. The lowest BCUT2D eigenvalue weighted by atomic mass is 9.87. The molecule has 2 heterocycles. The number of carboxylic acid groups (broad SMARTS) is 1. The largest absolute Gasteiger partial charge is 0.490 e. The molecular formula is C26H31F3N2O6S. The van der Waals surface area contributed by atoms with Crippen molar-refractivity contribution in [3.05, 3.63) is 65.7 Å². The fraction of sp³-hybridized carbons (Fsp3) is 0.462. The Hall–Kier alpha value is -2.96. The molecule has 8 nitrogen and oxygen atoms in total. The van der Waals surface area contributed by atoms with E-state index in [4.69, 9.17) is 14.6 Å². The molecule has 2 unspecified atom stereocenters. The van der Waals surface area contributed by atoms with E-state index in [9.17, 15) is 26.4 Å². The minimum atomic E-state index is -5.08. The first-order valence-electron chi connectivity index (χ1n) is 11.9. The van der Waals surface area contributed by atoms with E-state index in [0.717, 1.165) is 24.2 Å². The maximum atomic E-state index is 13.0. The molecule has 2 aromatic carbocycles. The van der Waals surface area contributed by atoms with E-state index in [2.05, 4.69) is 24.0 Å². The number of carbonyl (C=O) groups excluding carboxylic acids is 1. The molecule has 12 heteroatoms. The number of hydrogen-bond acceptors (Lipinski definition) is 6. The van der Waals surface area contributed by atoms with Crippen molar-refractivity contribution in [2.75, 3.05) is 39.1 Å². The molecule has 2 aliphatic heterocycles. The molecule has 1 spiro atoms. The third-order valence-electron chi connectivity index (χ3n) is 6.62. The van der Waals surface area contributed by atoms with Gasteiger partial charge in [-0.3, -0.25) is 9.69 Å². The van der Waals surface area contributed by atoms with E-state index in [1.807, 2.05) is 35.2 Å². The van der Waals surface area contributed by atoms with Gasteiger partial charge in [0.05, 0.1) is 24.2 Å². The molecule has 208 valence electrons. The van der Waals surface area contributed by atoms with E-state index < -0.39 is 22.0 Å². The van der Waals surface area contributed by atoms with Crippen molar-refractivity contribution in [1.82, 2.24) is 9.80 Å². The fourth-order valence-corrected chi connectivity index (χ4v) is 5.34.